The van der Waals surface area contributed by atoms with E-state index in [0.717, 1.165) is 0 Å². The molecule has 0 fully saturated rings. The first-order chi connectivity index (χ1) is 9.42. The lowest BCUT2D eigenvalue weighted by atomic mass is 9.95. The van der Waals surface area contributed by atoms with Crippen molar-refractivity contribution in [3.8, 4) is 11.1 Å². The van der Waals surface area contributed by atoms with E-state index in [1.54, 1.807) is 0 Å². The van der Waals surface area contributed by atoms with Gasteiger partial charge in [0.2, 0.25) is 0 Å². The molecule has 3 rings (SSSR count). The van der Waals surface area contributed by atoms with Crippen LogP contribution in [0.4, 0.5) is 0 Å². The van der Waals surface area contributed by atoms with Crippen molar-refractivity contribution >= 4 is 0 Å². The van der Waals surface area contributed by atoms with E-state index in [-0.39, 0.29) is 0 Å². The van der Waals surface area contributed by atoms with E-state index in [0.29, 0.717) is 5.92 Å². The second-order valence-electron chi connectivity index (χ2n) is 4.14. The third kappa shape index (κ3) is 2.89. The number of benzene rings is 2. The predicted octanol–water partition coefficient (Wildman–Crippen LogP) is 6.26. The van der Waals surface area contributed by atoms with E-state index in [4.69, 9.17) is 0 Å². The van der Waals surface area contributed by atoms with Gasteiger partial charge in [-0.3, -0.25) is 0 Å². The van der Waals surface area contributed by atoms with Crippen LogP contribution in [0.25, 0.3) is 11.1 Å². The monoisotopic (exact) mass is 254 g/mol. The van der Waals surface area contributed by atoms with Gasteiger partial charge in [-0.05, 0) is 28.7 Å². The standard InChI is InChI=1S/C15H14.2C2H6/c1-2-11-12-7-3-5-9-14(12)15-10-6-4-8-13(11)15;2*1-2/h3-11H,2H2,1H3;2*1-2H3. The highest BCUT2D eigenvalue weighted by atomic mass is 14.3. The van der Waals surface area contributed by atoms with Gasteiger partial charge >= 0.3 is 0 Å². The van der Waals surface area contributed by atoms with Crippen LogP contribution in [0.1, 0.15) is 58.1 Å². The van der Waals surface area contributed by atoms with Crippen molar-refractivity contribution < 1.29 is 0 Å². The quantitative estimate of drug-likeness (QED) is 0.563. The molecule has 0 spiro atoms. The van der Waals surface area contributed by atoms with Gasteiger partial charge in [-0.2, -0.15) is 0 Å². The van der Waals surface area contributed by atoms with Crippen molar-refractivity contribution in [2.45, 2.75) is 47.0 Å². The fourth-order valence-electron chi connectivity index (χ4n) is 2.70. The summed E-state index contributed by atoms with van der Waals surface area (Å²) in [4.78, 5) is 0. The smallest absolute Gasteiger partial charge is 0.00990 e. The van der Waals surface area contributed by atoms with Gasteiger partial charge in [0.1, 0.15) is 0 Å². The summed E-state index contributed by atoms with van der Waals surface area (Å²) in [6.45, 7) is 10.3. The minimum atomic E-state index is 0.609. The van der Waals surface area contributed by atoms with Gasteiger partial charge in [0.15, 0.2) is 0 Å². The fraction of sp³-hybridized carbons (Fsp3) is 0.368. The Morgan fingerprint density at radius 3 is 1.42 bits per heavy atom. The maximum atomic E-state index is 2.27. The zero-order valence-electron chi connectivity index (χ0n) is 12.9. The predicted molar refractivity (Wildman–Crippen MR) is 86.7 cm³/mol. The van der Waals surface area contributed by atoms with Gasteiger partial charge in [-0.25, -0.2) is 0 Å². The second kappa shape index (κ2) is 7.78. The van der Waals surface area contributed by atoms with Crippen LogP contribution in [0.15, 0.2) is 48.5 Å². The summed E-state index contributed by atoms with van der Waals surface area (Å²) in [5, 5.41) is 0. The summed E-state index contributed by atoms with van der Waals surface area (Å²) in [7, 11) is 0. The van der Waals surface area contributed by atoms with Gasteiger partial charge < -0.3 is 0 Å². The number of rotatable bonds is 1. The molecule has 0 nitrogen and oxygen atoms in total. The lowest BCUT2D eigenvalue weighted by Gasteiger charge is -2.09. The first-order valence-corrected chi connectivity index (χ1v) is 7.60. The SMILES string of the molecule is CC.CC.CCC1c2ccccc2-c2ccccc21. The molecule has 0 N–H and O–H groups in total. The molecule has 0 bridgehead atoms. The molecule has 0 heterocycles. The van der Waals surface area contributed by atoms with Crippen molar-refractivity contribution in [1.82, 2.24) is 0 Å². The van der Waals surface area contributed by atoms with Crippen molar-refractivity contribution in [2.24, 2.45) is 0 Å². The highest BCUT2D eigenvalue weighted by Crippen LogP contribution is 2.45. The molecule has 102 valence electrons. The number of hydrogen-bond acceptors (Lipinski definition) is 0. The summed E-state index contributed by atoms with van der Waals surface area (Å²) >= 11 is 0. The molecule has 0 heteroatoms. The van der Waals surface area contributed by atoms with E-state index < -0.39 is 0 Å². The molecule has 2 aromatic rings. The third-order valence-electron chi connectivity index (χ3n) is 3.37. The Morgan fingerprint density at radius 2 is 1.05 bits per heavy atom. The first kappa shape index (κ1) is 15.5. The van der Waals surface area contributed by atoms with E-state index in [1.807, 2.05) is 27.7 Å². The van der Waals surface area contributed by atoms with Crippen LogP contribution >= 0.6 is 0 Å². The molecular formula is C19H26. The Bertz CT molecular complexity index is 451. The van der Waals surface area contributed by atoms with Crippen LogP contribution in [-0.4, -0.2) is 0 Å². The molecule has 0 saturated carbocycles. The number of fused-ring (bicyclic) bond motifs is 3. The normalized spacial score (nSPS) is 11.4. The van der Waals surface area contributed by atoms with Crippen molar-refractivity contribution in [1.29, 1.82) is 0 Å². The Morgan fingerprint density at radius 1 is 0.684 bits per heavy atom. The molecule has 0 aliphatic heterocycles. The van der Waals surface area contributed by atoms with Crippen LogP contribution in [0.3, 0.4) is 0 Å². The summed E-state index contributed by atoms with van der Waals surface area (Å²) < 4.78 is 0. The zero-order chi connectivity index (χ0) is 14.3. The number of hydrogen-bond donors (Lipinski definition) is 0. The van der Waals surface area contributed by atoms with Gasteiger partial charge in [0, 0.05) is 5.92 Å². The molecule has 0 saturated heterocycles. The Hall–Kier alpha value is -1.56. The van der Waals surface area contributed by atoms with Crippen LogP contribution < -0.4 is 0 Å². The minimum absolute atomic E-state index is 0.609. The molecule has 0 unspecified atom stereocenters. The molecule has 19 heavy (non-hydrogen) atoms. The maximum absolute atomic E-state index is 2.27. The van der Waals surface area contributed by atoms with E-state index in [1.165, 1.54) is 28.7 Å². The summed E-state index contributed by atoms with van der Waals surface area (Å²) in [6.07, 6.45) is 1.19. The van der Waals surface area contributed by atoms with Gasteiger partial charge in [0.05, 0.1) is 0 Å². The first-order valence-electron chi connectivity index (χ1n) is 7.60. The molecule has 0 aromatic heterocycles. The third-order valence-corrected chi connectivity index (χ3v) is 3.37. The van der Waals surface area contributed by atoms with Crippen LogP contribution in [0.2, 0.25) is 0 Å². The minimum Gasteiger partial charge on any atom is -0.0683 e. The zero-order valence-corrected chi connectivity index (χ0v) is 12.9. The molecule has 1 aliphatic rings. The largest absolute Gasteiger partial charge is 0.0683 e. The second-order valence-corrected chi connectivity index (χ2v) is 4.14. The van der Waals surface area contributed by atoms with Crippen LogP contribution in [0, 0.1) is 0 Å². The molecule has 1 aliphatic carbocycles. The van der Waals surface area contributed by atoms with Crippen molar-refractivity contribution in [2.75, 3.05) is 0 Å². The Kier molecular flexibility index (Phi) is 6.35. The van der Waals surface area contributed by atoms with Crippen molar-refractivity contribution in [3.63, 3.8) is 0 Å². The molecule has 0 amide bonds. The lowest BCUT2D eigenvalue weighted by Crippen LogP contribution is -1.93. The maximum Gasteiger partial charge on any atom is 0.00990 e. The van der Waals surface area contributed by atoms with Crippen LogP contribution in [0.5, 0.6) is 0 Å². The average molecular weight is 254 g/mol. The fourth-order valence-corrected chi connectivity index (χ4v) is 2.70. The van der Waals surface area contributed by atoms with Gasteiger partial charge in [0.25, 0.3) is 0 Å². The summed E-state index contributed by atoms with van der Waals surface area (Å²) in [5.74, 6) is 0.609. The van der Waals surface area contributed by atoms with E-state index in [9.17, 15) is 0 Å². The van der Waals surface area contributed by atoms with E-state index in [2.05, 4.69) is 55.5 Å². The molecule has 0 atom stereocenters. The Labute approximate surface area is 118 Å². The van der Waals surface area contributed by atoms with Gasteiger partial charge in [-0.15, -0.1) is 0 Å². The molecule has 0 radical (unpaired) electrons. The van der Waals surface area contributed by atoms with Crippen LogP contribution in [-0.2, 0) is 0 Å². The topological polar surface area (TPSA) is 0 Å². The Balaban J connectivity index is 0.000000415. The lowest BCUT2D eigenvalue weighted by molar-refractivity contribution is 0.797. The highest BCUT2D eigenvalue weighted by molar-refractivity contribution is 5.78. The van der Waals surface area contributed by atoms with E-state index >= 15 is 0 Å². The summed E-state index contributed by atoms with van der Waals surface area (Å²) in [5.41, 5.74) is 5.86. The molecule has 2 aromatic carbocycles. The van der Waals surface area contributed by atoms with Gasteiger partial charge in [-0.1, -0.05) is 83.1 Å². The summed E-state index contributed by atoms with van der Waals surface area (Å²) in [6, 6.07) is 17.6. The average Bonchev–Trinajstić information content (AvgIpc) is 2.85. The highest BCUT2D eigenvalue weighted by Gasteiger charge is 2.25. The molecular weight excluding hydrogens is 228 g/mol. The van der Waals surface area contributed by atoms with Crippen molar-refractivity contribution in [3.05, 3.63) is 59.7 Å².